The highest BCUT2D eigenvalue weighted by Gasteiger charge is 2.09. The molecule has 0 aliphatic carbocycles. The second kappa shape index (κ2) is 5.18. The van der Waals surface area contributed by atoms with Crippen molar-refractivity contribution in [2.75, 3.05) is 0 Å². The number of halogens is 2. The van der Waals surface area contributed by atoms with Gasteiger partial charge in [-0.3, -0.25) is 4.79 Å². The van der Waals surface area contributed by atoms with Crippen molar-refractivity contribution in [1.82, 2.24) is 0 Å². The molecule has 0 bridgehead atoms. The lowest BCUT2D eigenvalue weighted by Gasteiger charge is -2.00. The van der Waals surface area contributed by atoms with Crippen molar-refractivity contribution in [3.63, 3.8) is 0 Å². The summed E-state index contributed by atoms with van der Waals surface area (Å²) in [6, 6.07) is 5.03. The second-order valence-electron chi connectivity index (χ2n) is 2.78. The summed E-state index contributed by atoms with van der Waals surface area (Å²) in [6.45, 7) is 1.96. The van der Waals surface area contributed by atoms with Crippen LogP contribution in [-0.4, -0.2) is 5.78 Å². The highest BCUT2D eigenvalue weighted by atomic mass is 35.5. The third kappa shape index (κ3) is 2.60. The maximum atomic E-state index is 11.5. The van der Waals surface area contributed by atoms with Crippen molar-refractivity contribution < 1.29 is 4.79 Å². The topological polar surface area (TPSA) is 17.1 Å². The van der Waals surface area contributed by atoms with Gasteiger partial charge in [-0.25, -0.2) is 0 Å². The molecule has 0 spiro atoms. The molecule has 0 aliphatic heterocycles. The molecule has 0 aliphatic rings. The number of ketones is 1. The molecular weight excluding hydrogens is 219 g/mol. The zero-order chi connectivity index (χ0) is 10.6. The smallest absolute Gasteiger partial charge is 0.187 e. The van der Waals surface area contributed by atoms with Crippen LogP contribution in [0.4, 0.5) is 0 Å². The van der Waals surface area contributed by atoms with E-state index in [0.29, 0.717) is 15.6 Å². The highest BCUT2D eigenvalue weighted by Crippen LogP contribution is 2.25. The number of carbonyl (C=O) groups excluding carboxylic acids is 1. The van der Waals surface area contributed by atoms with E-state index in [1.54, 1.807) is 24.3 Å². The zero-order valence-corrected chi connectivity index (χ0v) is 9.27. The summed E-state index contributed by atoms with van der Waals surface area (Å²) >= 11 is 11.7. The van der Waals surface area contributed by atoms with Gasteiger partial charge < -0.3 is 0 Å². The molecule has 74 valence electrons. The molecule has 0 radical (unpaired) electrons. The standard InChI is InChI=1S/C11H10Cl2O/c1-2-3-7-10(14)8-5-4-6-9(12)11(8)13/h3-7H,2H2,1H3/b7-3+. The van der Waals surface area contributed by atoms with Crippen molar-refractivity contribution in [2.45, 2.75) is 13.3 Å². The molecule has 1 nitrogen and oxygen atoms in total. The van der Waals surface area contributed by atoms with E-state index in [1.165, 1.54) is 6.08 Å². The van der Waals surface area contributed by atoms with Crippen LogP contribution in [-0.2, 0) is 0 Å². The SMILES string of the molecule is CC/C=C/C(=O)c1cccc(Cl)c1Cl. The highest BCUT2D eigenvalue weighted by molar-refractivity contribution is 6.44. The maximum Gasteiger partial charge on any atom is 0.187 e. The summed E-state index contributed by atoms with van der Waals surface area (Å²) in [5, 5.41) is 0.724. The number of benzene rings is 1. The summed E-state index contributed by atoms with van der Waals surface area (Å²) in [7, 11) is 0. The summed E-state index contributed by atoms with van der Waals surface area (Å²) in [5.74, 6) is -0.112. The number of allylic oxidation sites excluding steroid dienone is 2. The van der Waals surface area contributed by atoms with Crippen LogP contribution in [0.3, 0.4) is 0 Å². The largest absolute Gasteiger partial charge is 0.289 e. The number of hydrogen-bond acceptors (Lipinski definition) is 1. The van der Waals surface area contributed by atoms with Gasteiger partial charge >= 0.3 is 0 Å². The minimum absolute atomic E-state index is 0.112. The Bertz CT molecular complexity index is 370. The first-order valence-corrected chi connectivity index (χ1v) is 5.07. The Kier molecular flexibility index (Phi) is 4.18. The maximum absolute atomic E-state index is 11.5. The van der Waals surface area contributed by atoms with E-state index in [4.69, 9.17) is 23.2 Å². The van der Waals surface area contributed by atoms with Crippen LogP contribution in [0.1, 0.15) is 23.7 Å². The summed E-state index contributed by atoms with van der Waals surface area (Å²) < 4.78 is 0. The van der Waals surface area contributed by atoms with Crippen molar-refractivity contribution in [3.05, 3.63) is 46.0 Å². The van der Waals surface area contributed by atoms with E-state index in [9.17, 15) is 4.79 Å². The predicted molar refractivity (Wildman–Crippen MR) is 60.2 cm³/mol. The number of rotatable bonds is 3. The number of carbonyl (C=O) groups is 1. The van der Waals surface area contributed by atoms with Crippen LogP contribution >= 0.6 is 23.2 Å². The van der Waals surface area contributed by atoms with Crippen LogP contribution in [0.2, 0.25) is 10.0 Å². The summed E-state index contributed by atoms with van der Waals surface area (Å²) in [6.07, 6.45) is 4.13. The minimum Gasteiger partial charge on any atom is -0.289 e. The van der Waals surface area contributed by atoms with Crippen molar-refractivity contribution in [3.8, 4) is 0 Å². The molecule has 0 aromatic heterocycles. The van der Waals surface area contributed by atoms with E-state index in [2.05, 4.69) is 0 Å². The van der Waals surface area contributed by atoms with Gasteiger partial charge in [0.05, 0.1) is 10.0 Å². The van der Waals surface area contributed by atoms with Gasteiger partial charge in [-0.1, -0.05) is 42.3 Å². The van der Waals surface area contributed by atoms with Gasteiger partial charge in [-0.2, -0.15) is 0 Å². The molecule has 0 saturated carbocycles. The molecule has 0 N–H and O–H groups in total. The molecule has 0 heterocycles. The molecule has 0 amide bonds. The van der Waals surface area contributed by atoms with E-state index in [0.717, 1.165) is 6.42 Å². The van der Waals surface area contributed by atoms with E-state index >= 15 is 0 Å². The van der Waals surface area contributed by atoms with Crippen LogP contribution in [0.5, 0.6) is 0 Å². The fraction of sp³-hybridized carbons (Fsp3) is 0.182. The van der Waals surface area contributed by atoms with Crippen molar-refractivity contribution >= 4 is 29.0 Å². The Hall–Kier alpha value is -0.790. The molecule has 0 unspecified atom stereocenters. The van der Waals surface area contributed by atoms with Gasteiger partial charge in [-0.05, 0) is 24.6 Å². The van der Waals surface area contributed by atoms with E-state index in [-0.39, 0.29) is 5.78 Å². The molecule has 0 atom stereocenters. The fourth-order valence-electron chi connectivity index (χ4n) is 1.01. The normalized spacial score (nSPS) is 10.8. The fourth-order valence-corrected chi connectivity index (χ4v) is 1.40. The second-order valence-corrected chi connectivity index (χ2v) is 3.56. The average Bonchev–Trinajstić information content (AvgIpc) is 2.18. The average molecular weight is 229 g/mol. The third-order valence-electron chi connectivity index (χ3n) is 1.72. The quantitative estimate of drug-likeness (QED) is 0.562. The third-order valence-corrected chi connectivity index (χ3v) is 2.54. The Labute approximate surface area is 93.3 Å². The van der Waals surface area contributed by atoms with Crippen molar-refractivity contribution in [1.29, 1.82) is 0 Å². The summed E-state index contributed by atoms with van der Waals surface area (Å²) in [4.78, 5) is 11.5. The van der Waals surface area contributed by atoms with Crippen LogP contribution in [0.25, 0.3) is 0 Å². The van der Waals surface area contributed by atoms with Crippen LogP contribution < -0.4 is 0 Å². The van der Waals surface area contributed by atoms with Crippen LogP contribution in [0, 0.1) is 0 Å². The molecule has 1 rings (SSSR count). The molecule has 3 heteroatoms. The first-order valence-electron chi connectivity index (χ1n) is 4.31. The van der Waals surface area contributed by atoms with Crippen molar-refractivity contribution in [2.24, 2.45) is 0 Å². The lowest BCUT2D eigenvalue weighted by Crippen LogP contribution is -1.95. The molecule has 0 saturated heterocycles. The van der Waals surface area contributed by atoms with Gasteiger partial charge in [0.2, 0.25) is 0 Å². The Morgan fingerprint density at radius 3 is 2.79 bits per heavy atom. The minimum atomic E-state index is -0.112. The van der Waals surface area contributed by atoms with Crippen LogP contribution in [0.15, 0.2) is 30.4 Å². The molecule has 1 aromatic carbocycles. The Balaban J connectivity index is 3.01. The van der Waals surface area contributed by atoms with Gasteiger partial charge in [0, 0.05) is 5.56 Å². The van der Waals surface area contributed by atoms with E-state index in [1.807, 2.05) is 6.92 Å². The monoisotopic (exact) mass is 228 g/mol. The van der Waals surface area contributed by atoms with Gasteiger partial charge in [-0.15, -0.1) is 0 Å². The Morgan fingerprint density at radius 2 is 2.14 bits per heavy atom. The predicted octanol–water partition coefficient (Wildman–Crippen LogP) is 4.14. The first-order chi connectivity index (χ1) is 6.66. The van der Waals surface area contributed by atoms with Gasteiger partial charge in [0.1, 0.15) is 0 Å². The zero-order valence-electron chi connectivity index (χ0n) is 7.76. The Morgan fingerprint density at radius 1 is 1.43 bits per heavy atom. The summed E-state index contributed by atoms with van der Waals surface area (Å²) in [5.41, 5.74) is 0.448. The molecule has 1 aromatic rings. The molecule has 14 heavy (non-hydrogen) atoms. The number of hydrogen-bond donors (Lipinski definition) is 0. The van der Waals surface area contributed by atoms with Gasteiger partial charge in [0.25, 0.3) is 0 Å². The lowest BCUT2D eigenvalue weighted by molar-refractivity contribution is 0.104. The van der Waals surface area contributed by atoms with Gasteiger partial charge in [0.15, 0.2) is 5.78 Å². The molecule has 0 fully saturated rings. The lowest BCUT2D eigenvalue weighted by atomic mass is 10.1. The molecular formula is C11H10Cl2O. The first kappa shape index (κ1) is 11.3. The van der Waals surface area contributed by atoms with E-state index < -0.39 is 0 Å².